The Labute approximate surface area is 95.9 Å². The van der Waals surface area contributed by atoms with E-state index in [0.717, 1.165) is 5.52 Å². The Kier molecular flexibility index (Phi) is 2.59. The fourth-order valence-electron chi connectivity index (χ4n) is 1.39. The zero-order chi connectivity index (χ0) is 11.0. The smallest absolute Gasteiger partial charge is 0.308 e. The molecule has 0 aliphatic rings. The summed E-state index contributed by atoms with van der Waals surface area (Å²) in [5.41, 5.74) is 0.740. The van der Waals surface area contributed by atoms with Crippen molar-refractivity contribution in [2.75, 3.05) is 0 Å². The zero-order valence-corrected chi connectivity index (χ0v) is 9.32. The van der Waals surface area contributed by atoms with Gasteiger partial charge in [0, 0.05) is 18.1 Å². The highest BCUT2D eigenvalue weighted by Gasteiger charge is 2.11. The van der Waals surface area contributed by atoms with E-state index in [9.17, 15) is 4.79 Å². The van der Waals surface area contributed by atoms with Crippen LogP contribution in [0, 0.1) is 0 Å². The van der Waals surface area contributed by atoms with E-state index in [1.165, 1.54) is 6.92 Å². The molecular formula is C10H7Cl2NO2. The summed E-state index contributed by atoms with van der Waals surface area (Å²) in [6, 6.07) is 3.32. The Hall–Kier alpha value is -1.19. The maximum absolute atomic E-state index is 10.8. The molecule has 0 amide bonds. The quantitative estimate of drug-likeness (QED) is 0.781. The van der Waals surface area contributed by atoms with Crippen molar-refractivity contribution in [2.24, 2.45) is 0 Å². The lowest BCUT2D eigenvalue weighted by Gasteiger charge is -2.00. The van der Waals surface area contributed by atoms with Crippen LogP contribution in [0.3, 0.4) is 0 Å². The van der Waals surface area contributed by atoms with E-state index in [-0.39, 0.29) is 5.97 Å². The summed E-state index contributed by atoms with van der Waals surface area (Å²) in [5.74, 6) is 0.0288. The Morgan fingerprint density at radius 3 is 2.80 bits per heavy atom. The topological polar surface area (TPSA) is 42.1 Å². The Morgan fingerprint density at radius 2 is 2.13 bits per heavy atom. The van der Waals surface area contributed by atoms with Gasteiger partial charge < -0.3 is 9.72 Å². The minimum Gasteiger partial charge on any atom is -0.424 e. The van der Waals surface area contributed by atoms with Gasteiger partial charge in [0.25, 0.3) is 0 Å². The molecule has 1 N–H and O–H groups in total. The molecule has 1 heterocycles. The van der Waals surface area contributed by atoms with Crippen molar-refractivity contribution in [3.8, 4) is 5.75 Å². The maximum Gasteiger partial charge on any atom is 0.308 e. The highest BCUT2D eigenvalue weighted by atomic mass is 35.5. The first-order valence-corrected chi connectivity index (χ1v) is 4.98. The first-order chi connectivity index (χ1) is 7.08. The molecule has 0 radical (unpaired) electrons. The van der Waals surface area contributed by atoms with Crippen molar-refractivity contribution in [1.29, 1.82) is 0 Å². The number of nitrogens with one attached hydrogen (secondary N) is 1. The first kappa shape index (κ1) is 10.3. The van der Waals surface area contributed by atoms with E-state index in [2.05, 4.69) is 4.98 Å². The maximum atomic E-state index is 10.8. The lowest BCUT2D eigenvalue weighted by molar-refractivity contribution is -0.131. The third-order valence-corrected chi connectivity index (χ3v) is 2.43. The van der Waals surface area contributed by atoms with Crippen LogP contribution < -0.4 is 4.74 Å². The summed E-state index contributed by atoms with van der Waals surface area (Å²) < 4.78 is 4.99. The largest absolute Gasteiger partial charge is 0.424 e. The fourth-order valence-corrected chi connectivity index (χ4v) is 1.98. The molecule has 0 aliphatic carbocycles. The van der Waals surface area contributed by atoms with Crippen molar-refractivity contribution in [2.45, 2.75) is 6.92 Å². The van der Waals surface area contributed by atoms with Crippen LogP contribution in [0.1, 0.15) is 6.92 Å². The van der Waals surface area contributed by atoms with E-state index in [0.29, 0.717) is 21.2 Å². The third kappa shape index (κ3) is 1.94. The number of rotatable bonds is 1. The normalized spacial score (nSPS) is 10.6. The van der Waals surface area contributed by atoms with Crippen LogP contribution in [-0.2, 0) is 4.79 Å². The average Bonchev–Trinajstić information content (AvgIpc) is 2.46. The number of ether oxygens (including phenoxy) is 1. The molecular weight excluding hydrogens is 237 g/mol. The minimum atomic E-state index is -0.387. The number of aromatic amines is 1. The second-order valence-corrected chi connectivity index (χ2v) is 3.90. The molecule has 78 valence electrons. The third-order valence-electron chi connectivity index (χ3n) is 1.91. The van der Waals surface area contributed by atoms with Crippen LogP contribution in [0.2, 0.25) is 10.0 Å². The van der Waals surface area contributed by atoms with Gasteiger partial charge in [0.15, 0.2) is 5.75 Å². The van der Waals surface area contributed by atoms with E-state index >= 15 is 0 Å². The van der Waals surface area contributed by atoms with Crippen molar-refractivity contribution < 1.29 is 9.53 Å². The van der Waals surface area contributed by atoms with Gasteiger partial charge >= 0.3 is 5.97 Å². The van der Waals surface area contributed by atoms with E-state index < -0.39 is 0 Å². The lowest BCUT2D eigenvalue weighted by Crippen LogP contribution is -2.00. The molecule has 0 unspecified atom stereocenters. The van der Waals surface area contributed by atoms with Crippen molar-refractivity contribution >= 4 is 40.1 Å². The number of H-pyrrole nitrogens is 1. The summed E-state index contributed by atoms with van der Waals surface area (Å²) in [6.07, 6.45) is 1.58. The van der Waals surface area contributed by atoms with Gasteiger partial charge in [-0.3, -0.25) is 4.79 Å². The number of esters is 1. The molecule has 0 aliphatic heterocycles. The highest BCUT2D eigenvalue weighted by Crippen LogP contribution is 2.34. The minimum absolute atomic E-state index is 0.387. The van der Waals surface area contributed by atoms with Gasteiger partial charge in [-0.2, -0.15) is 0 Å². The number of benzene rings is 1. The average molecular weight is 244 g/mol. The van der Waals surface area contributed by atoms with Crippen LogP contribution in [0.5, 0.6) is 5.75 Å². The second-order valence-electron chi connectivity index (χ2n) is 3.06. The first-order valence-electron chi connectivity index (χ1n) is 4.22. The number of hydrogen-bond acceptors (Lipinski definition) is 2. The molecule has 0 saturated carbocycles. The van der Waals surface area contributed by atoms with Gasteiger partial charge in [0.05, 0.1) is 15.9 Å². The highest BCUT2D eigenvalue weighted by molar-refractivity contribution is 6.39. The van der Waals surface area contributed by atoms with E-state index in [1.807, 2.05) is 0 Å². The van der Waals surface area contributed by atoms with Crippen LogP contribution >= 0.6 is 23.2 Å². The molecule has 1 aromatic carbocycles. The molecule has 2 rings (SSSR count). The van der Waals surface area contributed by atoms with Crippen LogP contribution in [0.4, 0.5) is 0 Å². The summed E-state index contributed by atoms with van der Waals surface area (Å²) in [4.78, 5) is 13.8. The predicted molar refractivity (Wildman–Crippen MR) is 59.6 cm³/mol. The Balaban J connectivity index is 2.63. The molecule has 0 bridgehead atoms. The molecule has 1 aromatic heterocycles. The number of carbonyl (C=O) groups excluding carboxylic acids is 1. The predicted octanol–water partition coefficient (Wildman–Crippen LogP) is 3.40. The molecule has 0 atom stereocenters. The summed E-state index contributed by atoms with van der Waals surface area (Å²) >= 11 is 11.8. The van der Waals surface area contributed by atoms with Gasteiger partial charge in [0.2, 0.25) is 0 Å². The van der Waals surface area contributed by atoms with Gasteiger partial charge in [-0.25, -0.2) is 0 Å². The fraction of sp³-hybridized carbons (Fsp3) is 0.100. The van der Waals surface area contributed by atoms with Gasteiger partial charge in [-0.1, -0.05) is 23.2 Å². The second kappa shape index (κ2) is 3.76. The van der Waals surface area contributed by atoms with E-state index in [4.69, 9.17) is 27.9 Å². The summed E-state index contributed by atoms with van der Waals surface area (Å²) in [7, 11) is 0. The molecule has 0 saturated heterocycles. The molecule has 5 heteroatoms. The summed E-state index contributed by atoms with van der Waals surface area (Å²) in [6.45, 7) is 1.34. The molecule has 2 aromatic rings. The van der Waals surface area contributed by atoms with Gasteiger partial charge in [-0.05, 0) is 12.1 Å². The lowest BCUT2D eigenvalue weighted by atomic mass is 10.2. The Bertz CT molecular complexity index is 533. The van der Waals surface area contributed by atoms with Crippen molar-refractivity contribution in [3.05, 3.63) is 28.4 Å². The molecule has 0 fully saturated rings. The van der Waals surface area contributed by atoms with Crippen LogP contribution in [-0.4, -0.2) is 11.0 Å². The van der Waals surface area contributed by atoms with Crippen molar-refractivity contribution in [3.63, 3.8) is 0 Å². The van der Waals surface area contributed by atoms with Crippen molar-refractivity contribution in [1.82, 2.24) is 4.98 Å². The summed E-state index contributed by atoms with van der Waals surface area (Å²) in [5, 5.41) is 1.65. The Morgan fingerprint density at radius 1 is 1.40 bits per heavy atom. The van der Waals surface area contributed by atoms with Crippen LogP contribution in [0.25, 0.3) is 10.9 Å². The molecule has 3 nitrogen and oxygen atoms in total. The molecule has 0 spiro atoms. The zero-order valence-electron chi connectivity index (χ0n) is 7.80. The van der Waals surface area contributed by atoms with E-state index in [1.54, 1.807) is 18.3 Å². The monoisotopic (exact) mass is 243 g/mol. The number of carbonyl (C=O) groups is 1. The number of halogens is 2. The number of aromatic nitrogens is 1. The number of fused-ring (bicyclic) bond motifs is 1. The molecule has 15 heavy (non-hydrogen) atoms. The number of hydrogen-bond donors (Lipinski definition) is 1. The van der Waals surface area contributed by atoms with Gasteiger partial charge in [-0.15, -0.1) is 0 Å². The van der Waals surface area contributed by atoms with Crippen LogP contribution in [0.15, 0.2) is 18.3 Å². The van der Waals surface area contributed by atoms with Gasteiger partial charge in [0.1, 0.15) is 0 Å². The standard InChI is InChI=1S/C10H7Cl2NO2/c1-5(14)15-9-4-13-8-3-6(11)2-7(12)10(8)9/h2-4,13H,1H3. The SMILES string of the molecule is CC(=O)Oc1c[nH]c2cc(Cl)cc(Cl)c12.